The van der Waals surface area contributed by atoms with Crippen molar-refractivity contribution >= 4 is 39.9 Å². The lowest BCUT2D eigenvalue weighted by atomic mass is 9.94. The largest absolute Gasteiger partial charge is 0.361 e. The number of fused-ring (bicyclic) bond motifs is 1. The molecule has 0 bridgehead atoms. The molecular weight excluding hydrogens is 422 g/mol. The van der Waals surface area contributed by atoms with E-state index in [1.54, 1.807) is 24.3 Å². The number of amides is 2. The highest BCUT2D eigenvalue weighted by Crippen LogP contribution is 2.30. The van der Waals surface area contributed by atoms with Gasteiger partial charge in [0, 0.05) is 59.4 Å². The zero-order chi connectivity index (χ0) is 22.1. The summed E-state index contributed by atoms with van der Waals surface area (Å²) in [6.45, 7) is 2.51. The molecule has 164 valence electrons. The van der Waals surface area contributed by atoms with E-state index in [4.69, 9.17) is 11.6 Å². The number of nitrogens with one attached hydrogen (secondary N) is 1. The average Bonchev–Trinajstić information content (AvgIpc) is 3.28. The summed E-state index contributed by atoms with van der Waals surface area (Å²) in [5.41, 5.74) is 4.26. The lowest BCUT2D eigenvalue weighted by molar-refractivity contribution is -0.136. The molecule has 1 aromatic heterocycles. The summed E-state index contributed by atoms with van der Waals surface area (Å²) in [4.78, 5) is 33.2. The van der Waals surface area contributed by atoms with Crippen molar-refractivity contribution in [1.29, 1.82) is 0 Å². The summed E-state index contributed by atoms with van der Waals surface area (Å²) < 4.78 is 0. The van der Waals surface area contributed by atoms with E-state index in [9.17, 15) is 9.59 Å². The third kappa shape index (κ3) is 4.05. The fraction of sp³-hybridized carbons (Fsp3) is 0.308. The topological polar surface area (TPSA) is 56.4 Å². The van der Waals surface area contributed by atoms with Gasteiger partial charge in [0.1, 0.15) is 0 Å². The van der Waals surface area contributed by atoms with Crippen LogP contribution in [0.4, 0.5) is 0 Å². The lowest BCUT2D eigenvalue weighted by Crippen LogP contribution is -2.47. The Morgan fingerprint density at radius 1 is 1.00 bits per heavy atom. The molecule has 2 aliphatic heterocycles. The summed E-state index contributed by atoms with van der Waals surface area (Å²) in [5.74, 6) is -0.00444. The molecule has 1 saturated heterocycles. The molecule has 0 spiro atoms. The van der Waals surface area contributed by atoms with Crippen LogP contribution in [0.25, 0.3) is 16.5 Å². The van der Waals surface area contributed by atoms with E-state index in [-0.39, 0.29) is 17.7 Å². The lowest BCUT2D eigenvalue weighted by Gasteiger charge is -2.36. The molecule has 3 heterocycles. The summed E-state index contributed by atoms with van der Waals surface area (Å²) in [7, 11) is 0. The van der Waals surface area contributed by atoms with E-state index >= 15 is 0 Å². The van der Waals surface area contributed by atoms with Crippen LogP contribution in [0.2, 0.25) is 5.02 Å². The molecular formula is C26H26ClN3O2. The van der Waals surface area contributed by atoms with Crippen LogP contribution in [0.5, 0.6) is 0 Å². The van der Waals surface area contributed by atoms with Crippen molar-refractivity contribution in [3.8, 4) is 0 Å². The quantitative estimate of drug-likeness (QED) is 0.615. The van der Waals surface area contributed by atoms with E-state index in [1.807, 2.05) is 15.9 Å². The molecule has 0 radical (unpaired) electrons. The smallest absolute Gasteiger partial charge is 0.253 e. The first-order valence-corrected chi connectivity index (χ1v) is 11.6. The zero-order valence-corrected chi connectivity index (χ0v) is 18.6. The van der Waals surface area contributed by atoms with Gasteiger partial charge in [-0.1, -0.05) is 35.9 Å². The van der Waals surface area contributed by atoms with Gasteiger partial charge in [-0.05, 0) is 55.2 Å². The summed E-state index contributed by atoms with van der Waals surface area (Å²) >= 11 is 5.94. The third-order valence-corrected chi connectivity index (χ3v) is 6.86. The molecule has 5 nitrogen and oxygen atoms in total. The normalized spacial score (nSPS) is 19.2. The van der Waals surface area contributed by atoms with Gasteiger partial charge in [-0.3, -0.25) is 9.59 Å². The number of carbonyl (C=O) groups is 2. The fourth-order valence-electron chi connectivity index (χ4n) is 4.85. The first kappa shape index (κ1) is 20.8. The maximum atomic E-state index is 13.2. The third-order valence-electron chi connectivity index (χ3n) is 6.61. The molecule has 32 heavy (non-hydrogen) atoms. The van der Waals surface area contributed by atoms with Gasteiger partial charge in [-0.25, -0.2) is 0 Å². The molecule has 5 rings (SSSR count). The first-order chi connectivity index (χ1) is 15.6. The molecule has 2 aromatic carbocycles. The molecule has 0 aliphatic carbocycles. The second-order valence-corrected chi connectivity index (χ2v) is 9.05. The van der Waals surface area contributed by atoms with Crippen LogP contribution in [0, 0.1) is 5.92 Å². The molecule has 1 atom stereocenters. The van der Waals surface area contributed by atoms with Crippen LogP contribution in [-0.4, -0.2) is 52.8 Å². The maximum Gasteiger partial charge on any atom is 0.253 e. The number of nitrogens with zero attached hydrogens (tertiary/aromatic N) is 2. The second-order valence-electron chi connectivity index (χ2n) is 8.61. The Bertz CT molecular complexity index is 1180. The highest BCUT2D eigenvalue weighted by atomic mass is 35.5. The van der Waals surface area contributed by atoms with Crippen LogP contribution < -0.4 is 0 Å². The SMILES string of the molecule is O=C(c1ccc(Cl)cc1)N1CCCC(C(=O)N2CC=C(c3c[nH]c4ccccc34)CC2)C1. The minimum Gasteiger partial charge on any atom is -0.361 e. The van der Waals surface area contributed by atoms with E-state index in [0.717, 1.165) is 24.8 Å². The first-order valence-electron chi connectivity index (χ1n) is 11.2. The molecule has 3 aromatic rings. The van der Waals surface area contributed by atoms with Crippen LogP contribution >= 0.6 is 11.6 Å². The Balaban J connectivity index is 1.24. The highest BCUT2D eigenvalue weighted by Gasteiger charge is 2.32. The second kappa shape index (κ2) is 8.83. The number of H-pyrrole nitrogens is 1. The van der Waals surface area contributed by atoms with Gasteiger partial charge in [-0.15, -0.1) is 0 Å². The van der Waals surface area contributed by atoms with Crippen molar-refractivity contribution in [1.82, 2.24) is 14.8 Å². The number of hydrogen-bond donors (Lipinski definition) is 1. The van der Waals surface area contributed by atoms with Gasteiger partial charge >= 0.3 is 0 Å². The number of likely N-dealkylation sites (tertiary alicyclic amines) is 1. The number of aromatic amines is 1. The Hall–Kier alpha value is -3.05. The number of carbonyl (C=O) groups excluding carboxylic acids is 2. The summed E-state index contributed by atoms with van der Waals surface area (Å²) in [5, 5.41) is 1.83. The molecule has 2 amide bonds. The number of rotatable bonds is 3. The predicted octanol–water partition coefficient (Wildman–Crippen LogP) is 4.99. The van der Waals surface area contributed by atoms with Crippen molar-refractivity contribution in [3.63, 3.8) is 0 Å². The minimum absolute atomic E-state index is 0.0284. The Kier molecular flexibility index (Phi) is 5.75. The van der Waals surface area contributed by atoms with Gasteiger partial charge in [0.05, 0.1) is 5.92 Å². The Morgan fingerprint density at radius 3 is 2.59 bits per heavy atom. The number of para-hydroxylation sites is 1. The molecule has 2 aliphatic rings. The van der Waals surface area contributed by atoms with Gasteiger partial charge < -0.3 is 14.8 Å². The van der Waals surface area contributed by atoms with E-state index in [2.05, 4.69) is 35.5 Å². The van der Waals surface area contributed by atoms with Crippen LogP contribution in [0.3, 0.4) is 0 Å². The number of hydrogen-bond acceptors (Lipinski definition) is 2. The van der Waals surface area contributed by atoms with Crippen molar-refractivity contribution in [2.24, 2.45) is 5.92 Å². The zero-order valence-electron chi connectivity index (χ0n) is 17.9. The van der Waals surface area contributed by atoms with E-state index in [1.165, 1.54) is 16.5 Å². The van der Waals surface area contributed by atoms with E-state index in [0.29, 0.717) is 36.8 Å². The highest BCUT2D eigenvalue weighted by molar-refractivity contribution is 6.30. The maximum absolute atomic E-state index is 13.2. The van der Waals surface area contributed by atoms with Crippen LogP contribution in [0.15, 0.2) is 60.8 Å². The average molecular weight is 448 g/mol. The van der Waals surface area contributed by atoms with Gasteiger partial charge in [-0.2, -0.15) is 0 Å². The summed E-state index contributed by atoms with van der Waals surface area (Å²) in [6, 6.07) is 15.3. The number of aromatic nitrogens is 1. The van der Waals surface area contributed by atoms with Crippen molar-refractivity contribution in [2.45, 2.75) is 19.3 Å². The van der Waals surface area contributed by atoms with Gasteiger partial charge in [0.2, 0.25) is 5.91 Å². The number of halogens is 1. The molecule has 1 unspecified atom stereocenters. The predicted molar refractivity (Wildman–Crippen MR) is 128 cm³/mol. The standard InChI is InChI=1S/C26H26ClN3O2/c27-21-9-7-19(8-10-21)25(31)30-13-3-4-20(17-30)26(32)29-14-11-18(12-15-29)23-16-28-24-6-2-1-5-22(23)24/h1-2,5-11,16,20,28H,3-4,12-15,17H2. The number of benzene rings is 2. The van der Waals surface area contributed by atoms with Crippen molar-refractivity contribution in [3.05, 3.63) is 77.0 Å². The van der Waals surface area contributed by atoms with Crippen molar-refractivity contribution < 1.29 is 9.59 Å². The molecule has 1 fully saturated rings. The Morgan fingerprint density at radius 2 is 1.81 bits per heavy atom. The fourth-order valence-corrected chi connectivity index (χ4v) is 4.97. The van der Waals surface area contributed by atoms with Gasteiger partial charge in [0.15, 0.2) is 0 Å². The monoisotopic (exact) mass is 447 g/mol. The minimum atomic E-state index is -0.136. The van der Waals surface area contributed by atoms with Gasteiger partial charge in [0.25, 0.3) is 5.91 Å². The molecule has 0 saturated carbocycles. The number of piperidine rings is 1. The summed E-state index contributed by atoms with van der Waals surface area (Å²) in [6.07, 6.45) is 6.76. The Labute approximate surface area is 192 Å². The molecule has 6 heteroatoms. The van der Waals surface area contributed by atoms with Crippen LogP contribution in [-0.2, 0) is 4.79 Å². The van der Waals surface area contributed by atoms with E-state index < -0.39 is 0 Å². The van der Waals surface area contributed by atoms with Crippen molar-refractivity contribution in [2.75, 3.05) is 26.2 Å². The molecule has 1 N–H and O–H groups in total. The van der Waals surface area contributed by atoms with Crippen LogP contribution in [0.1, 0.15) is 35.2 Å².